The third-order valence-electron chi connectivity index (χ3n) is 3.81. The summed E-state index contributed by atoms with van der Waals surface area (Å²) >= 11 is 0. The second-order valence-corrected chi connectivity index (χ2v) is 5.18. The Balaban J connectivity index is 1.99. The first-order chi connectivity index (χ1) is 9.06. The van der Waals surface area contributed by atoms with Crippen LogP contribution in [0.1, 0.15) is 36.0 Å². The smallest absolute Gasteiger partial charge is 0.251 e. The van der Waals surface area contributed by atoms with E-state index in [1.165, 1.54) is 6.07 Å². The number of halogens is 2. The van der Waals surface area contributed by atoms with Gasteiger partial charge in [-0.05, 0) is 31.0 Å². The molecular formula is C14H17F2NO2. The minimum Gasteiger partial charge on any atom is -0.396 e. The van der Waals surface area contributed by atoms with E-state index >= 15 is 0 Å². The van der Waals surface area contributed by atoms with Gasteiger partial charge in [0.15, 0.2) is 11.6 Å². The summed E-state index contributed by atoms with van der Waals surface area (Å²) in [6.07, 6.45) is 3.84. The van der Waals surface area contributed by atoms with E-state index in [-0.39, 0.29) is 17.6 Å². The van der Waals surface area contributed by atoms with E-state index in [4.69, 9.17) is 0 Å². The van der Waals surface area contributed by atoms with Crippen LogP contribution in [0.3, 0.4) is 0 Å². The van der Waals surface area contributed by atoms with Crippen LogP contribution in [-0.4, -0.2) is 24.2 Å². The monoisotopic (exact) mass is 269 g/mol. The number of aliphatic hydroxyl groups excluding tert-OH is 1. The first-order valence-corrected chi connectivity index (χ1v) is 6.40. The molecule has 3 nitrogen and oxygen atoms in total. The van der Waals surface area contributed by atoms with Gasteiger partial charge in [0.2, 0.25) is 0 Å². The Morgan fingerprint density at radius 1 is 1.26 bits per heavy atom. The zero-order chi connectivity index (χ0) is 13.9. The molecule has 0 atom stereocenters. The highest BCUT2D eigenvalue weighted by atomic mass is 19.2. The molecule has 0 saturated heterocycles. The summed E-state index contributed by atoms with van der Waals surface area (Å²) in [6.45, 7) is 0.395. The van der Waals surface area contributed by atoms with Crippen molar-refractivity contribution in [2.75, 3.05) is 13.2 Å². The van der Waals surface area contributed by atoms with Crippen LogP contribution >= 0.6 is 0 Å². The lowest BCUT2D eigenvalue weighted by atomic mass is 9.87. The molecular weight excluding hydrogens is 252 g/mol. The van der Waals surface area contributed by atoms with Gasteiger partial charge in [0, 0.05) is 17.5 Å². The van der Waals surface area contributed by atoms with Gasteiger partial charge in [-0.1, -0.05) is 12.8 Å². The molecule has 1 aliphatic carbocycles. The van der Waals surface area contributed by atoms with Gasteiger partial charge in [0.25, 0.3) is 5.91 Å². The molecule has 0 aromatic heterocycles. The first-order valence-electron chi connectivity index (χ1n) is 6.40. The summed E-state index contributed by atoms with van der Waals surface area (Å²) < 4.78 is 25.8. The fourth-order valence-corrected chi connectivity index (χ4v) is 2.52. The van der Waals surface area contributed by atoms with Gasteiger partial charge < -0.3 is 10.4 Å². The van der Waals surface area contributed by atoms with Crippen molar-refractivity contribution in [2.24, 2.45) is 5.41 Å². The van der Waals surface area contributed by atoms with Gasteiger partial charge >= 0.3 is 0 Å². The number of rotatable bonds is 4. The van der Waals surface area contributed by atoms with Crippen molar-refractivity contribution in [3.8, 4) is 0 Å². The maximum Gasteiger partial charge on any atom is 0.251 e. The van der Waals surface area contributed by atoms with Crippen LogP contribution < -0.4 is 5.32 Å². The Bertz CT molecular complexity index is 471. The highest BCUT2D eigenvalue weighted by Crippen LogP contribution is 2.36. The summed E-state index contributed by atoms with van der Waals surface area (Å²) in [4.78, 5) is 11.8. The minimum absolute atomic E-state index is 0.0328. The molecule has 1 fully saturated rings. The quantitative estimate of drug-likeness (QED) is 0.880. The zero-order valence-corrected chi connectivity index (χ0v) is 10.6. The molecule has 2 rings (SSSR count). The highest BCUT2D eigenvalue weighted by Gasteiger charge is 2.33. The van der Waals surface area contributed by atoms with Crippen LogP contribution in [0.2, 0.25) is 0 Å². The van der Waals surface area contributed by atoms with Crippen molar-refractivity contribution >= 4 is 5.91 Å². The average molecular weight is 269 g/mol. The van der Waals surface area contributed by atoms with Gasteiger partial charge in [-0.25, -0.2) is 8.78 Å². The molecule has 0 aliphatic heterocycles. The molecule has 0 spiro atoms. The summed E-state index contributed by atoms with van der Waals surface area (Å²) in [5.74, 6) is -2.46. The molecule has 0 unspecified atom stereocenters. The van der Waals surface area contributed by atoms with E-state index in [1.807, 2.05) is 0 Å². The fourth-order valence-electron chi connectivity index (χ4n) is 2.52. The molecule has 2 N–H and O–H groups in total. The van der Waals surface area contributed by atoms with Gasteiger partial charge in [0.05, 0.1) is 6.61 Å². The Kier molecular flexibility index (Phi) is 4.14. The summed E-state index contributed by atoms with van der Waals surface area (Å²) in [5.41, 5.74) is -0.168. The van der Waals surface area contributed by atoms with Gasteiger partial charge in [-0.2, -0.15) is 0 Å². The van der Waals surface area contributed by atoms with E-state index in [9.17, 15) is 18.7 Å². The van der Waals surface area contributed by atoms with Crippen LogP contribution in [0.15, 0.2) is 18.2 Å². The number of hydrogen-bond acceptors (Lipinski definition) is 2. The second-order valence-electron chi connectivity index (χ2n) is 5.18. The minimum atomic E-state index is -1.04. The number of aliphatic hydroxyl groups is 1. The number of benzene rings is 1. The molecule has 1 amide bonds. The van der Waals surface area contributed by atoms with Crippen molar-refractivity contribution in [3.05, 3.63) is 35.4 Å². The molecule has 1 saturated carbocycles. The Labute approximate surface area is 110 Å². The molecule has 1 aromatic rings. The SMILES string of the molecule is O=C(NCC1(CO)CCCC1)c1ccc(F)c(F)c1. The number of nitrogens with one attached hydrogen (secondary N) is 1. The normalized spacial score (nSPS) is 17.4. The lowest BCUT2D eigenvalue weighted by Gasteiger charge is -2.26. The van der Waals surface area contributed by atoms with Crippen LogP contribution in [0.25, 0.3) is 0 Å². The molecule has 1 aromatic carbocycles. The van der Waals surface area contributed by atoms with Crippen molar-refractivity contribution in [1.82, 2.24) is 5.32 Å². The van der Waals surface area contributed by atoms with E-state index in [0.29, 0.717) is 6.54 Å². The van der Waals surface area contributed by atoms with Crippen molar-refractivity contribution in [2.45, 2.75) is 25.7 Å². The van der Waals surface area contributed by atoms with Crippen LogP contribution in [0.5, 0.6) is 0 Å². The molecule has 0 radical (unpaired) electrons. The number of amides is 1. The van der Waals surface area contributed by atoms with Gasteiger partial charge in [0.1, 0.15) is 0 Å². The lowest BCUT2D eigenvalue weighted by Crippen LogP contribution is -2.38. The third-order valence-corrected chi connectivity index (χ3v) is 3.81. The fraction of sp³-hybridized carbons (Fsp3) is 0.500. The second kappa shape index (κ2) is 5.65. The third kappa shape index (κ3) is 3.10. The van der Waals surface area contributed by atoms with Crippen LogP contribution in [-0.2, 0) is 0 Å². The first kappa shape index (κ1) is 13.9. The van der Waals surface area contributed by atoms with E-state index in [2.05, 4.69) is 5.32 Å². The van der Waals surface area contributed by atoms with Crippen molar-refractivity contribution in [1.29, 1.82) is 0 Å². The number of hydrogen-bond donors (Lipinski definition) is 2. The summed E-state index contributed by atoms with van der Waals surface area (Å²) in [7, 11) is 0. The highest BCUT2D eigenvalue weighted by molar-refractivity contribution is 5.94. The van der Waals surface area contributed by atoms with Gasteiger partial charge in [-0.15, -0.1) is 0 Å². The maximum atomic E-state index is 13.0. The molecule has 1 aliphatic rings. The standard InChI is InChI=1S/C14H17F2NO2/c15-11-4-3-10(7-12(11)16)13(19)17-8-14(9-18)5-1-2-6-14/h3-4,7,18H,1-2,5-6,8-9H2,(H,17,19). The molecule has 19 heavy (non-hydrogen) atoms. The zero-order valence-electron chi connectivity index (χ0n) is 10.6. The Morgan fingerprint density at radius 3 is 2.53 bits per heavy atom. The molecule has 0 heterocycles. The predicted molar refractivity (Wildman–Crippen MR) is 66.7 cm³/mol. The van der Waals surface area contributed by atoms with E-state index < -0.39 is 17.5 Å². The van der Waals surface area contributed by atoms with Crippen molar-refractivity contribution < 1.29 is 18.7 Å². The van der Waals surface area contributed by atoms with Crippen LogP contribution in [0, 0.1) is 17.0 Å². The van der Waals surface area contributed by atoms with Crippen molar-refractivity contribution in [3.63, 3.8) is 0 Å². The Hall–Kier alpha value is -1.49. The largest absolute Gasteiger partial charge is 0.396 e. The van der Waals surface area contributed by atoms with E-state index in [0.717, 1.165) is 37.8 Å². The Morgan fingerprint density at radius 2 is 1.95 bits per heavy atom. The average Bonchev–Trinajstić information content (AvgIpc) is 2.89. The topological polar surface area (TPSA) is 49.3 Å². The summed E-state index contributed by atoms with van der Waals surface area (Å²) in [5, 5.41) is 12.1. The predicted octanol–water partition coefficient (Wildman–Crippen LogP) is 2.25. The summed E-state index contributed by atoms with van der Waals surface area (Å²) in [6, 6.07) is 3.06. The molecule has 0 bridgehead atoms. The maximum absolute atomic E-state index is 13.0. The van der Waals surface area contributed by atoms with Gasteiger partial charge in [-0.3, -0.25) is 4.79 Å². The molecule has 104 valence electrons. The number of carbonyl (C=O) groups is 1. The van der Waals surface area contributed by atoms with E-state index in [1.54, 1.807) is 0 Å². The lowest BCUT2D eigenvalue weighted by molar-refractivity contribution is 0.0880. The molecule has 5 heteroatoms. The number of carbonyl (C=O) groups excluding carboxylic acids is 1. The van der Waals surface area contributed by atoms with Crippen LogP contribution in [0.4, 0.5) is 8.78 Å².